The first-order chi connectivity index (χ1) is 29.5. The van der Waals surface area contributed by atoms with Crippen LogP contribution in [0, 0.1) is 0 Å². The fraction of sp³-hybridized carbons (Fsp3) is 0.385. The van der Waals surface area contributed by atoms with E-state index in [1.807, 2.05) is 84.9 Å². The van der Waals surface area contributed by atoms with Gasteiger partial charge in [0.2, 0.25) is 0 Å². The molecular formula is C52H64N2O6. The Morgan fingerprint density at radius 3 is 1.17 bits per heavy atom. The second-order valence-electron chi connectivity index (χ2n) is 15.1. The van der Waals surface area contributed by atoms with E-state index in [1.54, 1.807) is 9.80 Å². The Balaban J connectivity index is 1.04. The van der Waals surface area contributed by atoms with Crippen LogP contribution < -0.4 is 19.3 Å². The maximum Gasteiger partial charge on any atom is 0.253 e. The molecule has 0 atom stereocenters. The quantitative estimate of drug-likeness (QED) is 0.0468. The minimum atomic E-state index is -0.124. The molecule has 0 heterocycles. The van der Waals surface area contributed by atoms with Gasteiger partial charge in [-0.1, -0.05) is 149 Å². The van der Waals surface area contributed by atoms with Gasteiger partial charge < -0.3 is 28.7 Å². The normalized spacial score (nSPS) is 11.0. The standard InChI is InChI=1S/C52H64N2O6/c1-3-5-7-11-19-43-27-31-45(32-28-43)39-53(47-21-13-9-14-22-47)51(55)41-57-35-37-59-49-25-17-18-26-50(49)60-38-36-58-42-52(56)54(48-23-15-10-16-24-48)40-46-33-29-44(30-34-46)20-12-8-6-4-2/h9-10,13-18,21-34H,3-8,11-12,19-20,35-42H2,1-2H3. The summed E-state index contributed by atoms with van der Waals surface area (Å²) in [5, 5.41) is 0. The highest BCUT2D eigenvalue weighted by Gasteiger charge is 2.18. The highest BCUT2D eigenvalue weighted by Crippen LogP contribution is 2.26. The molecule has 0 unspecified atom stereocenters. The number of carbonyl (C=O) groups is 2. The molecule has 0 fully saturated rings. The first kappa shape index (κ1) is 45.6. The third-order valence-corrected chi connectivity index (χ3v) is 10.4. The van der Waals surface area contributed by atoms with Gasteiger partial charge in [-0.25, -0.2) is 0 Å². The summed E-state index contributed by atoms with van der Waals surface area (Å²) in [4.78, 5) is 30.5. The van der Waals surface area contributed by atoms with Gasteiger partial charge in [-0.2, -0.15) is 0 Å². The van der Waals surface area contributed by atoms with Crippen LogP contribution >= 0.6 is 0 Å². The minimum absolute atomic E-state index is 0.0743. The van der Waals surface area contributed by atoms with Crippen LogP contribution in [0.4, 0.5) is 11.4 Å². The van der Waals surface area contributed by atoms with Crippen molar-refractivity contribution in [2.24, 2.45) is 0 Å². The third-order valence-electron chi connectivity index (χ3n) is 10.4. The predicted molar refractivity (Wildman–Crippen MR) is 243 cm³/mol. The molecule has 0 spiro atoms. The van der Waals surface area contributed by atoms with Crippen molar-refractivity contribution in [2.75, 3.05) is 49.4 Å². The highest BCUT2D eigenvalue weighted by atomic mass is 16.6. The zero-order valence-corrected chi connectivity index (χ0v) is 35.8. The number of unbranched alkanes of at least 4 members (excludes halogenated alkanes) is 6. The summed E-state index contributed by atoms with van der Waals surface area (Å²) in [6.07, 6.45) is 12.1. The van der Waals surface area contributed by atoms with E-state index < -0.39 is 0 Å². The Kier molecular flexibility index (Phi) is 20.2. The number of hydrogen-bond donors (Lipinski definition) is 0. The summed E-state index contributed by atoms with van der Waals surface area (Å²) in [5.74, 6) is 0.873. The van der Waals surface area contributed by atoms with E-state index in [4.69, 9.17) is 18.9 Å². The number of aryl methyl sites for hydroxylation is 2. The molecule has 0 aromatic heterocycles. The average molecular weight is 813 g/mol. The average Bonchev–Trinajstić information content (AvgIpc) is 3.29. The van der Waals surface area contributed by atoms with Crippen LogP contribution in [0.2, 0.25) is 0 Å². The molecule has 0 aliphatic rings. The fourth-order valence-electron chi connectivity index (χ4n) is 6.95. The molecule has 0 aliphatic heterocycles. The lowest BCUT2D eigenvalue weighted by atomic mass is 10.0. The van der Waals surface area contributed by atoms with E-state index in [2.05, 4.69) is 62.4 Å². The third kappa shape index (κ3) is 16.0. The Morgan fingerprint density at radius 2 is 0.783 bits per heavy atom. The number of ether oxygens (including phenoxy) is 4. The summed E-state index contributed by atoms with van der Waals surface area (Å²) < 4.78 is 23.6. The monoisotopic (exact) mass is 812 g/mol. The molecule has 2 amide bonds. The van der Waals surface area contributed by atoms with Crippen LogP contribution in [0.15, 0.2) is 133 Å². The molecule has 5 rings (SSSR count). The van der Waals surface area contributed by atoms with E-state index in [1.165, 1.54) is 62.5 Å². The zero-order valence-electron chi connectivity index (χ0n) is 35.8. The van der Waals surface area contributed by atoms with E-state index in [0.29, 0.717) is 24.6 Å². The lowest BCUT2D eigenvalue weighted by Crippen LogP contribution is -2.34. The van der Waals surface area contributed by atoms with Gasteiger partial charge in [0.05, 0.1) is 26.3 Å². The van der Waals surface area contributed by atoms with Crippen molar-refractivity contribution in [3.05, 3.63) is 156 Å². The SMILES string of the molecule is CCCCCCc1ccc(CN(C(=O)COCCOc2ccccc2OCCOCC(=O)N(Cc2ccc(CCCCCC)cc2)c2ccccc2)c2ccccc2)cc1. The topological polar surface area (TPSA) is 77.5 Å². The van der Waals surface area contributed by atoms with Gasteiger partial charge in [0.1, 0.15) is 26.4 Å². The van der Waals surface area contributed by atoms with E-state index in [9.17, 15) is 9.59 Å². The zero-order chi connectivity index (χ0) is 42.0. The minimum Gasteiger partial charge on any atom is -0.487 e. The number of amides is 2. The second-order valence-corrected chi connectivity index (χ2v) is 15.1. The van der Waals surface area contributed by atoms with E-state index in [0.717, 1.165) is 35.3 Å². The van der Waals surface area contributed by atoms with Crippen LogP contribution in [-0.4, -0.2) is 51.5 Å². The Hall–Kier alpha value is -5.44. The molecule has 8 heteroatoms. The molecule has 0 aliphatic carbocycles. The van der Waals surface area contributed by atoms with Crippen molar-refractivity contribution in [1.82, 2.24) is 0 Å². The van der Waals surface area contributed by atoms with E-state index >= 15 is 0 Å². The summed E-state index contributed by atoms with van der Waals surface area (Å²) in [5.41, 5.74) is 6.45. The lowest BCUT2D eigenvalue weighted by Gasteiger charge is -2.23. The molecule has 8 nitrogen and oxygen atoms in total. The molecule has 0 saturated heterocycles. The molecule has 0 saturated carbocycles. The van der Waals surface area contributed by atoms with Crippen LogP contribution in [0.1, 0.15) is 87.5 Å². The number of para-hydroxylation sites is 4. The van der Waals surface area contributed by atoms with Crippen LogP contribution in [0.3, 0.4) is 0 Å². The first-order valence-corrected chi connectivity index (χ1v) is 21.9. The Morgan fingerprint density at radius 1 is 0.417 bits per heavy atom. The van der Waals surface area contributed by atoms with Gasteiger partial charge in [-0.15, -0.1) is 0 Å². The summed E-state index contributed by atoms with van der Waals surface area (Å²) >= 11 is 0. The van der Waals surface area contributed by atoms with Crippen molar-refractivity contribution in [1.29, 1.82) is 0 Å². The van der Waals surface area contributed by atoms with Gasteiger partial charge >= 0.3 is 0 Å². The molecule has 0 bridgehead atoms. The Labute approximate surface area is 358 Å². The van der Waals surface area contributed by atoms with E-state index in [-0.39, 0.29) is 51.5 Å². The van der Waals surface area contributed by atoms with Crippen molar-refractivity contribution in [3.63, 3.8) is 0 Å². The molecule has 5 aromatic carbocycles. The summed E-state index contributed by atoms with van der Waals surface area (Å²) in [6.45, 7) is 6.15. The van der Waals surface area contributed by atoms with Gasteiger partial charge in [-0.3, -0.25) is 9.59 Å². The van der Waals surface area contributed by atoms with Crippen LogP contribution in [0.25, 0.3) is 0 Å². The van der Waals surface area contributed by atoms with Gasteiger partial charge in [0.15, 0.2) is 11.5 Å². The predicted octanol–water partition coefficient (Wildman–Crippen LogP) is 11.2. The molecule has 5 aromatic rings. The van der Waals surface area contributed by atoms with Crippen molar-refractivity contribution in [3.8, 4) is 11.5 Å². The molecular weight excluding hydrogens is 749 g/mol. The number of rotatable bonds is 28. The van der Waals surface area contributed by atoms with Crippen LogP contribution in [-0.2, 0) is 45.0 Å². The fourth-order valence-corrected chi connectivity index (χ4v) is 6.95. The smallest absolute Gasteiger partial charge is 0.253 e. The van der Waals surface area contributed by atoms with Crippen molar-refractivity contribution in [2.45, 2.75) is 91.1 Å². The Bertz CT molecular complexity index is 1790. The number of carbonyl (C=O) groups excluding carboxylic acids is 2. The van der Waals surface area contributed by atoms with Crippen LogP contribution in [0.5, 0.6) is 11.5 Å². The number of anilines is 2. The number of nitrogens with zero attached hydrogens (tertiary/aromatic N) is 2. The van der Waals surface area contributed by atoms with Crippen molar-refractivity contribution < 1.29 is 28.5 Å². The summed E-state index contributed by atoms with van der Waals surface area (Å²) in [6, 6.07) is 44.0. The van der Waals surface area contributed by atoms with Gasteiger partial charge in [0, 0.05) is 11.4 Å². The lowest BCUT2D eigenvalue weighted by molar-refractivity contribution is -0.124. The molecule has 0 N–H and O–H groups in total. The second kappa shape index (κ2) is 26.6. The molecule has 60 heavy (non-hydrogen) atoms. The number of hydrogen-bond acceptors (Lipinski definition) is 6. The number of benzene rings is 5. The van der Waals surface area contributed by atoms with Gasteiger partial charge in [-0.05, 0) is 84.3 Å². The highest BCUT2D eigenvalue weighted by molar-refractivity contribution is 5.94. The molecule has 0 radical (unpaired) electrons. The van der Waals surface area contributed by atoms with Crippen molar-refractivity contribution >= 4 is 23.2 Å². The maximum atomic E-state index is 13.5. The van der Waals surface area contributed by atoms with Gasteiger partial charge in [0.25, 0.3) is 11.8 Å². The maximum absolute atomic E-state index is 13.5. The molecule has 318 valence electrons. The largest absolute Gasteiger partial charge is 0.487 e. The first-order valence-electron chi connectivity index (χ1n) is 21.9. The summed E-state index contributed by atoms with van der Waals surface area (Å²) in [7, 11) is 0.